The Morgan fingerprint density at radius 2 is 1.26 bits per heavy atom. The summed E-state index contributed by atoms with van der Waals surface area (Å²) in [6.45, 7) is 0. The third kappa shape index (κ3) is 2.72. The number of allylic oxidation sites excluding steroid dienone is 8. The highest BCUT2D eigenvalue weighted by Crippen LogP contribution is 2.48. The molecule has 0 aromatic carbocycles. The van der Waals surface area contributed by atoms with Crippen molar-refractivity contribution in [2.24, 2.45) is 0 Å². The van der Waals surface area contributed by atoms with E-state index in [-0.39, 0.29) is 0 Å². The lowest BCUT2D eigenvalue weighted by Gasteiger charge is -2.16. The molecule has 1 aliphatic heterocycles. The second-order valence-electron chi connectivity index (χ2n) is 4.34. The normalized spacial score (nSPS) is 22.9. The van der Waals surface area contributed by atoms with Crippen LogP contribution in [0.2, 0.25) is 0 Å². The van der Waals surface area contributed by atoms with Crippen molar-refractivity contribution in [3.8, 4) is 0 Å². The molecule has 0 N–H and O–H groups in total. The minimum absolute atomic E-state index is 0.882. The topological polar surface area (TPSA) is 0 Å². The Morgan fingerprint density at radius 1 is 0.789 bits per heavy atom. The summed E-state index contributed by atoms with van der Waals surface area (Å²) >= 11 is 14.8. The van der Waals surface area contributed by atoms with Gasteiger partial charge >= 0.3 is 0 Å². The number of hydrogen-bond donors (Lipinski definition) is 0. The van der Waals surface area contributed by atoms with Gasteiger partial charge in [-0.05, 0) is 0 Å². The van der Waals surface area contributed by atoms with Crippen LogP contribution in [0.1, 0.15) is 12.8 Å². The van der Waals surface area contributed by atoms with Crippen LogP contribution in [0.4, 0.5) is 0 Å². The Bertz CT molecular complexity index is 548. The Hall–Kier alpha value is -0.420. The molecular weight excluding hydrogens is 308 g/mol. The van der Waals surface area contributed by atoms with Gasteiger partial charge < -0.3 is 0 Å². The minimum Gasteiger partial charge on any atom is -0.113 e. The lowest BCUT2D eigenvalue weighted by molar-refractivity contribution is 1.44. The van der Waals surface area contributed by atoms with Crippen LogP contribution >= 0.6 is 48.0 Å². The molecule has 4 heteroatoms. The van der Waals surface area contributed by atoms with Gasteiger partial charge in [0.2, 0.25) is 0 Å². The Morgan fingerprint density at radius 3 is 1.68 bits per heavy atom. The second-order valence-corrected chi connectivity index (χ2v) is 7.66. The van der Waals surface area contributed by atoms with Gasteiger partial charge in [0, 0.05) is 48.6 Å². The first-order valence-corrected chi connectivity index (χ1v) is 8.87. The van der Waals surface area contributed by atoms with Crippen molar-refractivity contribution in [2.45, 2.75) is 12.8 Å². The molecule has 96 valence electrons. The SMILES string of the molecule is S=C1CC=CC=C1C1=C(C2=CC=CCC2=S)SCS1. The van der Waals surface area contributed by atoms with Crippen molar-refractivity contribution in [3.63, 3.8) is 0 Å². The fourth-order valence-corrected chi connectivity index (χ4v) is 5.54. The van der Waals surface area contributed by atoms with Crippen LogP contribution in [0.3, 0.4) is 0 Å². The predicted octanol–water partition coefficient (Wildman–Crippen LogP) is 5.15. The summed E-state index contributed by atoms with van der Waals surface area (Å²) in [5.74, 6) is 0. The fourth-order valence-electron chi connectivity index (χ4n) is 2.17. The van der Waals surface area contributed by atoms with Gasteiger partial charge in [0.05, 0.1) is 0 Å². The monoisotopic (exact) mass is 320 g/mol. The molecule has 0 fully saturated rings. The molecular formula is C15H12S4. The second kappa shape index (κ2) is 5.92. The molecule has 0 radical (unpaired) electrons. The highest BCUT2D eigenvalue weighted by atomic mass is 32.2. The first kappa shape index (κ1) is 13.6. The molecule has 3 aliphatic rings. The zero-order chi connectivity index (χ0) is 13.2. The van der Waals surface area contributed by atoms with Crippen LogP contribution in [0.15, 0.2) is 57.4 Å². The summed E-state index contributed by atoms with van der Waals surface area (Å²) < 4.78 is 0. The van der Waals surface area contributed by atoms with Gasteiger partial charge in [-0.25, -0.2) is 0 Å². The molecule has 0 nitrogen and oxygen atoms in total. The van der Waals surface area contributed by atoms with Crippen molar-refractivity contribution in [2.75, 3.05) is 5.08 Å². The maximum atomic E-state index is 5.50. The highest BCUT2D eigenvalue weighted by Gasteiger charge is 2.26. The van der Waals surface area contributed by atoms with E-state index in [9.17, 15) is 0 Å². The predicted molar refractivity (Wildman–Crippen MR) is 96.0 cm³/mol. The van der Waals surface area contributed by atoms with Gasteiger partial charge in [0.15, 0.2) is 0 Å². The molecule has 0 bridgehead atoms. The maximum absolute atomic E-state index is 5.50. The van der Waals surface area contributed by atoms with E-state index in [1.165, 1.54) is 21.0 Å². The van der Waals surface area contributed by atoms with Crippen LogP contribution in [0, 0.1) is 0 Å². The van der Waals surface area contributed by atoms with E-state index >= 15 is 0 Å². The number of hydrogen-bond acceptors (Lipinski definition) is 4. The molecule has 0 amide bonds. The van der Waals surface area contributed by atoms with Gasteiger partial charge in [-0.2, -0.15) is 0 Å². The average molecular weight is 321 g/mol. The van der Waals surface area contributed by atoms with Gasteiger partial charge in [-0.1, -0.05) is 60.9 Å². The fraction of sp³-hybridized carbons (Fsp3) is 0.200. The van der Waals surface area contributed by atoms with E-state index in [0.29, 0.717) is 0 Å². The van der Waals surface area contributed by atoms with Crippen molar-refractivity contribution in [3.05, 3.63) is 57.4 Å². The van der Waals surface area contributed by atoms with Crippen LogP contribution < -0.4 is 0 Å². The van der Waals surface area contributed by atoms with Crippen molar-refractivity contribution in [1.29, 1.82) is 0 Å². The van der Waals surface area contributed by atoms with Crippen LogP contribution in [0.5, 0.6) is 0 Å². The van der Waals surface area contributed by atoms with E-state index < -0.39 is 0 Å². The molecule has 0 aromatic rings. The van der Waals surface area contributed by atoms with Gasteiger partial charge in [0.25, 0.3) is 0 Å². The third-order valence-electron chi connectivity index (χ3n) is 3.11. The number of rotatable bonds is 2. The largest absolute Gasteiger partial charge is 0.113 e. The smallest absolute Gasteiger partial charge is 0.0488 e. The number of thiocarbonyl (C=S) groups is 2. The van der Waals surface area contributed by atoms with E-state index in [1.54, 1.807) is 0 Å². The maximum Gasteiger partial charge on any atom is 0.0488 e. The minimum atomic E-state index is 0.882. The van der Waals surface area contributed by atoms with E-state index in [4.69, 9.17) is 24.4 Å². The Kier molecular flexibility index (Phi) is 4.22. The van der Waals surface area contributed by atoms with E-state index in [2.05, 4.69) is 36.5 Å². The molecule has 0 atom stereocenters. The third-order valence-corrected chi connectivity index (χ3v) is 6.38. The summed E-state index contributed by atoms with van der Waals surface area (Å²) in [5.41, 5.74) is 2.45. The zero-order valence-electron chi connectivity index (χ0n) is 10.2. The quantitative estimate of drug-likeness (QED) is 0.645. The Labute approximate surface area is 132 Å². The summed E-state index contributed by atoms with van der Waals surface area (Å²) in [7, 11) is 0. The van der Waals surface area contributed by atoms with Crippen molar-refractivity contribution < 1.29 is 0 Å². The first-order chi connectivity index (χ1) is 9.27. The molecule has 0 aromatic heterocycles. The molecule has 1 heterocycles. The van der Waals surface area contributed by atoms with Gasteiger partial charge in [-0.3, -0.25) is 0 Å². The first-order valence-electron chi connectivity index (χ1n) is 6.08. The molecule has 19 heavy (non-hydrogen) atoms. The summed E-state index contributed by atoms with van der Waals surface area (Å²) in [6, 6.07) is 0. The van der Waals surface area contributed by atoms with Gasteiger partial charge in [0.1, 0.15) is 0 Å². The zero-order valence-corrected chi connectivity index (χ0v) is 13.5. The molecule has 0 spiro atoms. The summed E-state index contributed by atoms with van der Waals surface area (Å²) in [4.78, 5) is 4.73. The molecule has 0 saturated heterocycles. The van der Waals surface area contributed by atoms with Gasteiger partial charge in [-0.15, -0.1) is 23.5 Å². The molecule has 0 unspecified atom stereocenters. The molecule has 2 aliphatic carbocycles. The summed E-state index contributed by atoms with van der Waals surface area (Å²) in [6.07, 6.45) is 14.5. The standard InChI is InChI=1S/C15H12S4/c16-12-7-3-1-5-10(12)14-15(19-9-18-14)11-6-2-4-8-13(11)17/h1-6H,7-9H2. The Balaban J connectivity index is 2.05. The highest BCUT2D eigenvalue weighted by molar-refractivity contribution is 8.22. The van der Waals surface area contributed by atoms with E-state index in [0.717, 1.165) is 27.7 Å². The van der Waals surface area contributed by atoms with E-state index in [1.807, 2.05) is 23.5 Å². The lowest BCUT2D eigenvalue weighted by Crippen LogP contribution is -2.07. The average Bonchev–Trinajstić information content (AvgIpc) is 2.89. The van der Waals surface area contributed by atoms with Crippen LogP contribution in [-0.4, -0.2) is 14.8 Å². The molecule has 3 rings (SSSR count). The summed E-state index contributed by atoms with van der Waals surface area (Å²) in [5, 5.41) is 1.05. The van der Waals surface area contributed by atoms with Crippen LogP contribution in [0.25, 0.3) is 0 Å². The molecule has 0 saturated carbocycles. The van der Waals surface area contributed by atoms with Crippen molar-refractivity contribution >= 4 is 57.7 Å². The lowest BCUT2D eigenvalue weighted by atomic mass is 9.99. The van der Waals surface area contributed by atoms with Crippen molar-refractivity contribution in [1.82, 2.24) is 0 Å². The van der Waals surface area contributed by atoms with Crippen LogP contribution in [-0.2, 0) is 0 Å². The number of thioether (sulfide) groups is 2.